The molecular formula is C12H22N2O4S. The Hall–Kier alpha value is -0.820. The summed E-state index contributed by atoms with van der Waals surface area (Å²) in [6.07, 6.45) is 0.311. The van der Waals surface area contributed by atoms with E-state index in [9.17, 15) is 13.2 Å². The van der Waals surface area contributed by atoms with Crippen LogP contribution in [0, 0.1) is 0 Å². The molecule has 2 aliphatic heterocycles. The van der Waals surface area contributed by atoms with Gasteiger partial charge in [-0.25, -0.2) is 13.2 Å². The van der Waals surface area contributed by atoms with Crippen molar-refractivity contribution in [1.82, 2.24) is 9.21 Å². The molecule has 0 radical (unpaired) electrons. The minimum atomic E-state index is -3.11. The second kappa shape index (κ2) is 4.63. The van der Waals surface area contributed by atoms with Crippen molar-refractivity contribution >= 4 is 16.1 Å². The Bertz CT molecular complexity index is 469. The third-order valence-electron chi connectivity index (χ3n) is 3.57. The second-order valence-electron chi connectivity index (χ2n) is 6.22. The maximum atomic E-state index is 11.9. The standard InChI is InChI=1S/C12H22N2O4S/c1-9-10(14-6-5-7-19(14,16)17)8-13(9)11(15)18-12(2,3)4/h9-10H,5-8H2,1-4H3/t9-,10+/m1/s1. The number of rotatable bonds is 1. The van der Waals surface area contributed by atoms with Crippen LogP contribution in [0.25, 0.3) is 0 Å². The van der Waals surface area contributed by atoms with Crippen LogP contribution in [0.1, 0.15) is 34.1 Å². The zero-order valence-electron chi connectivity index (χ0n) is 11.9. The van der Waals surface area contributed by atoms with Crippen LogP contribution in [0.4, 0.5) is 4.79 Å². The van der Waals surface area contributed by atoms with Gasteiger partial charge in [-0.05, 0) is 34.1 Å². The predicted octanol–water partition coefficient (Wildman–Crippen LogP) is 1.03. The molecule has 2 rings (SSSR count). The van der Waals surface area contributed by atoms with E-state index in [1.807, 2.05) is 27.7 Å². The van der Waals surface area contributed by atoms with Crippen LogP contribution in [-0.4, -0.2) is 60.2 Å². The molecule has 0 unspecified atom stereocenters. The molecule has 0 bridgehead atoms. The number of ether oxygens (including phenoxy) is 1. The van der Waals surface area contributed by atoms with Gasteiger partial charge in [0, 0.05) is 13.1 Å². The van der Waals surface area contributed by atoms with Crippen molar-refractivity contribution in [2.24, 2.45) is 0 Å². The Labute approximate surface area is 114 Å². The first kappa shape index (κ1) is 14.6. The predicted molar refractivity (Wildman–Crippen MR) is 71.3 cm³/mol. The molecule has 1 amide bonds. The summed E-state index contributed by atoms with van der Waals surface area (Å²) >= 11 is 0. The van der Waals surface area contributed by atoms with E-state index >= 15 is 0 Å². The Morgan fingerprint density at radius 1 is 1.32 bits per heavy atom. The highest BCUT2D eigenvalue weighted by Crippen LogP contribution is 2.30. The molecule has 2 heterocycles. The van der Waals surface area contributed by atoms with Gasteiger partial charge in [-0.15, -0.1) is 0 Å². The Morgan fingerprint density at radius 2 is 1.95 bits per heavy atom. The van der Waals surface area contributed by atoms with E-state index in [4.69, 9.17) is 4.74 Å². The maximum Gasteiger partial charge on any atom is 0.410 e. The number of hydrogen-bond donors (Lipinski definition) is 0. The zero-order chi connectivity index (χ0) is 14.4. The van der Waals surface area contributed by atoms with E-state index in [0.717, 1.165) is 0 Å². The Kier molecular flexibility index (Phi) is 3.55. The number of amides is 1. The van der Waals surface area contributed by atoms with Crippen molar-refractivity contribution in [2.45, 2.75) is 51.8 Å². The summed E-state index contributed by atoms with van der Waals surface area (Å²) in [6, 6.07) is -0.220. The highest BCUT2D eigenvalue weighted by atomic mass is 32.2. The summed E-state index contributed by atoms with van der Waals surface area (Å²) in [7, 11) is -3.11. The van der Waals surface area contributed by atoms with Crippen LogP contribution in [0.5, 0.6) is 0 Å². The average Bonchev–Trinajstić information content (AvgIpc) is 2.54. The monoisotopic (exact) mass is 290 g/mol. The Morgan fingerprint density at radius 3 is 2.37 bits per heavy atom. The molecule has 0 N–H and O–H groups in total. The summed E-state index contributed by atoms with van der Waals surface area (Å²) in [5, 5.41) is 0. The molecule has 19 heavy (non-hydrogen) atoms. The van der Waals surface area contributed by atoms with Gasteiger partial charge in [0.15, 0.2) is 0 Å². The first-order valence-electron chi connectivity index (χ1n) is 6.61. The minimum absolute atomic E-state index is 0.0972. The number of hydrogen-bond acceptors (Lipinski definition) is 4. The zero-order valence-corrected chi connectivity index (χ0v) is 12.7. The molecule has 0 aliphatic carbocycles. The van der Waals surface area contributed by atoms with Crippen molar-refractivity contribution in [1.29, 1.82) is 0 Å². The van der Waals surface area contributed by atoms with E-state index in [2.05, 4.69) is 0 Å². The first-order valence-corrected chi connectivity index (χ1v) is 8.22. The van der Waals surface area contributed by atoms with Crippen molar-refractivity contribution < 1.29 is 17.9 Å². The van der Waals surface area contributed by atoms with Crippen molar-refractivity contribution in [3.8, 4) is 0 Å². The van der Waals surface area contributed by atoms with Gasteiger partial charge in [-0.2, -0.15) is 4.31 Å². The molecule has 0 aromatic rings. The van der Waals surface area contributed by atoms with E-state index in [0.29, 0.717) is 19.5 Å². The van der Waals surface area contributed by atoms with Crippen LogP contribution in [0.3, 0.4) is 0 Å². The molecule has 0 spiro atoms. The molecule has 6 nitrogen and oxygen atoms in total. The molecule has 2 aliphatic rings. The smallest absolute Gasteiger partial charge is 0.410 e. The van der Waals surface area contributed by atoms with Gasteiger partial charge in [0.2, 0.25) is 10.0 Å². The van der Waals surface area contributed by atoms with Gasteiger partial charge in [0.05, 0.1) is 17.8 Å². The third kappa shape index (κ3) is 2.86. The van der Waals surface area contributed by atoms with Crippen LogP contribution < -0.4 is 0 Å². The highest BCUT2D eigenvalue weighted by molar-refractivity contribution is 7.89. The van der Waals surface area contributed by atoms with E-state index in [1.165, 1.54) is 0 Å². The normalized spacial score (nSPS) is 31.1. The van der Waals surface area contributed by atoms with E-state index in [1.54, 1.807) is 9.21 Å². The number of likely N-dealkylation sites (tertiary alicyclic amines) is 1. The Balaban J connectivity index is 1.97. The molecule has 2 saturated heterocycles. The van der Waals surface area contributed by atoms with Gasteiger partial charge in [-0.1, -0.05) is 0 Å². The average molecular weight is 290 g/mol. The van der Waals surface area contributed by atoms with Crippen LogP contribution in [-0.2, 0) is 14.8 Å². The maximum absolute atomic E-state index is 11.9. The lowest BCUT2D eigenvalue weighted by atomic mass is 9.99. The van der Waals surface area contributed by atoms with Gasteiger partial charge >= 0.3 is 6.09 Å². The van der Waals surface area contributed by atoms with Crippen LogP contribution in [0.2, 0.25) is 0 Å². The fourth-order valence-corrected chi connectivity index (χ4v) is 4.31. The van der Waals surface area contributed by atoms with E-state index in [-0.39, 0.29) is 23.9 Å². The quantitative estimate of drug-likeness (QED) is 0.723. The number of carbonyl (C=O) groups is 1. The van der Waals surface area contributed by atoms with Crippen LogP contribution >= 0.6 is 0 Å². The minimum Gasteiger partial charge on any atom is -0.444 e. The molecule has 110 valence electrons. The number of carbonyl (C=O) groups excluding carboxylic acids is 1. The number of sulfonamides is 1. The molecule has 2 atom stereocenters. The van der Waals surface area contributed by atoms with Gasteiger partial charge in [0.25, 0.3) is 0 Å². The molecule has 2 fully saturated rings. The summed E-state index contributed by atoms with van der Waals surface area (Å²) in [5.41, 5.74) is -0.526. The van der Waals surface area contributed by atoms with Crippen LogP contribution in [0.15, 0.2) is 0 Å². The lowest BCUT2D eigenvalue weighted by molar-refractivity contribution is -0.0265. The van der Waals surface area contributed by atoms with Crippen molar-refractivity contribution in [3.05, 3.63) is 0 Å². The molecule has 0 aromatic heterocycles. The fourth-order valence-electron chi connectivity index (χ4n) is 2.51. The van der Waals surface area contributed by atoms with Gasteiger partial charge in [-0.3, -0.25) is 0 Å². The topological polar surface area (TPSA) is 66.9 Å². The molecule has 7 heteroatoms. The molecule has 0 saturated carbocycles. The van der Waals surface area contributed by atoms with Gasteiger partial charge in [0.1, 0.15) is 5.60 Å². The SMILES string of the molecule is C[C@@H]1[C@@H](N2CCCS2(=O)=O)CN1C(=O)OC(C)(C)C. The summed E-state index contributed by atoms with van der Waals surface area (Å²) in [5.74, 6) is 0.225. The van der Waals surface area contributed by atoms with Gasteiger partial charge < -0.3 is 9.64 Å². The fraction of sp³-hybridized carbons (Fsp3) is 0.917. The lowest BCUT2D eigenvalue weighted by Gasteiger charge is -2.49. The number of nitrogens with zero attached hydrogens (tertiary/aromatic N) is 2. The van der Waals surface area contributed by atoms with E-state index < -0.39 is 15.6 Å². The second-order valence-corrected chi connectivity index (χ2v) is 8.26. The lowest BCUT2D eigenvalue weighted by Crippen LogP contribution is -2.67. The summed E-state index contributed by atoms with van der Waals surface area (Å²) < 4.78 is 30.5. The molecule has 0 aromatic carbocycles. The summed E-state index contributed by atoms with van der Waals surface area (Å²) in [6.45, 7) is 8.31. The largest absolute Gasteiger partial charge is 0.444 e. The van der Waals surface area contributed by atoms with Crippen molar-refractivity contribution in [3.63, 3.8) is 0 Å². The highest BCUT2D eigenvalue weighted by Gasteiger charge is 2.48. The molecular weight excluding hydrogens is 268 g/mol. The summed E-state index contributed by atoms with van der Waals surface area (Å²) in [4.78, 5) is 13.5. The van der Waals surface area contributed by atoms with Crippen molar-refractivity contribution in [2.75, 3.05) is 18.8 Å². The third-order valence-corrected chi connectivity index (χ3v) is 5.54. The first-order chi connectivity index (χ1) is 8.62.